The molecule has 1 saturated heterocycles. The molecule has 2 fully saturated rings. The quantitative estimate of drug-likeness (QED) is 0.480. The van der Waals surface area contributed by atoms with Crippen molar-refractivity contribution >= 4 is 35.9 Å². The highest BCUT2D eigenvalue weighted by molar-refractivity contribution is 7.59. The van der Waals surface area contributed by atoms with Crippen LogP contribution in [0.1, 0.15) is 40.4 Å². The molecule has 1 atom stereocenters. The third kappa shape index (κ3) is 4.95. The molecule has 1 aromatic heterocycles. The molecule has 1 saturated carbocycles. The Balaban J connectivity index is 0.00000294. The minimum atomic E-state index is -3.09. The Kier molecular flexibility index (Phi) is 7.30. The van der Waals surface area contributed by atoms with Gasteiger partial charge in [-0.25, -0.2) is 4.79 Å². The summed E-state index contributed by atoms with van der Waals surface area (Å²) in [6.45, 7) is 0.942. The van der Waals surface area contributed by atoms with Gasteiger partial charge in [0, 0.05) is 56.6 Å². The lowest BCUT2D eigenvalue weighted by Gasteiger charge is -2.37. The summed E-state index contributed by atoms with van der Waals surface area (Å²) in [4.78, 5) is 29.4. The summed E-state index contributed by atoms with van der Waals surface area (Å²) < 4.78 is 34.1. The number of aromatic nitrogens is 1. The van der Waals surface area contributed by atoms with Gasteiger partial charge in [-0.2, -0.15) is 22.3 Å². The topological polar surface area (TPSA) is 75.0 Å². The summed E-state index contributed by atoms with van der Waals surface area (Å²) in [5.41, 5.74) is 1.83. The Hall–Kier alpha value is -3.21. The monoisotopic (exact) mass is 541 g/mol. The average Bonchev–Trinajstić information content (AvgIpc) is 3.63. The molecule has 0 bridgehead atoms. The van der Waals surface area contributed by atoms with Crippen molar-refractivity contribution in [1.82, 2.24) is 14.4 Å². The maximum Gasteiger partial charge on any atom is 0.387 e. The van der Waals surface area contributed by atoms with Crippen molar-refractivity contribution in [2.45, 2.75) is 38.1 Å². The highest BCUT2D eigenvalue weighted by Gasteiger charge is 2.34. The van der Waals surface area contributed by atoms with E-state index in [9.17, 15) is 23.5 Å². The molecular formula is C28H29F2N3O4S. The van der Waals surface area contributed by atoms with Crippen LogP contribution in [0.4, 0.5) is 8.78 Å². The maximum atomic E-state index is 13.7. The number of nitrogens with zero attached hydrogens (tertiary/aromatic N) is 3. The average molecular weight is 542 g/mol. The molecule has 7 nitrogen and oxygen atoms in total. The molecule has 10 heteroatoms. The number of fused-ring (bicyclic) bond motifs is 2. The summed E-state index contributed by atoms with van der Waals surface area (Å²) in [6, 6.07) is 13.6. The largest absolute Gasteiger partial charge is 0.477 e. The van der Waals surface area contributed by atoms with Crippen molar-refractivity contribution in [2.24, 2.45) is 0 Å². The van der Waals surface area contributed by atoms with Crippen LogP contribution >= 0.6 is 13.5 Å². The van der Waals surface area contributed by atoms with E-state index in [2.05, 4.69) is 28.0 Å². The van der Waals surface area contributed by atoms with Crippen LogP contribution in [0.5, 0.6) is 5.75 Å². The van der Waals surface area contributed by atoms with Gasteiger partial charge in [0.05, 0.1) is 10.9 Å². The first-order valence-electron chi connectivity index (χ1n) is 12.5. The molecule has 6 rings (SSSR count). The van der Waals surface area contributed by atoms with E-state index in [-0.39, 0.29) is 47.8 Å². The number of carboxylic acids is 1. The summed E-state index contributed by atoms with van der Waals surface area (Å²) in [6.07, 6.45) is 4.96. The molecule has 3 heterocycles. The normalized spacial score (nSPS) is 19.8. The van der Waals surface area contributed by atoms with Crippen LogP contribution < -0.4 is 10.2 Å². The first kappa shape index (κ1) is 26.4. The molecule has 0 unspecified atom stereocenters. The number of carboxylic acid groups (broad SMARTS) is 1. The van der Waals surface area contributed by atoms with E-state index in [1.807, 2.05) is 18.2 Å². The predicted molar refractivity (Wildman–Crippen MR) is 146 cm³/mol. The summed E-state index contributed by atoms with van der Waals surface area (Å²) in [5, 5.41) is 9.62. The van der Waals surface area contributed by atoms with E-state index in [0.29, 0.717) is 12.1 Å². The lowest BCUT2D eigenvalue weighted by atomic mass is 10.0. The number of hydrogen-bond donors (Lipinski definition) is 1. The highest BCUT2D eigenvalue weighted by atomic mass is 32.1. The first-order chi connectivity index (χ1) is 17.9. The molecule has 3 aliphatic rings. The van der Waals surface area contributed by atoms with Gasteiger partial charge in [-0.1, -0.05) is 42.5 Å². The molecule has 200 valence electrons. The van der Waals surface area contributed by atoms with Crippen LogP contribution in [0.2, 0.25) is 0 Å². The molecule has 2 aliphatic heterocycles. The molecule has 3 aromatic rings. The minimum absolute atomic E-state index is 0. The van der Waals surface area contributed by atoms with Gasteiger partial charge in [0.2, 0.25) is 5.43 Å². The molecule has 0 radical (unpaired) electrons. The Morgan fingerprint density at radius 2 is 1.87 bits per heavy atom. The van der Waals surface area contributed by atoms with E-state index in [4.69, 9.17) is 4.74 Å². The summed E-state index contributed by atoms with van der Waals surface area (Å²) in [5.74, 6) is -1.39. The number of benzene rings is 2. The van der Waals surface area contributed by atoms with Crippen LogP contribution in [0.3, 0.4) is 0 Å². The number of pyridine rings is 1. The number of piperazine rings is 1. The van der Waals surface area contributed by atoms with Crippen molar-refractivity contribution in [2.75, 3.05) is 26.2 Å². The number of hydrogen-bond acceptors (Lipinski definition) is 5. The minimum Gasteiger partial charge on any atom is -0.477 e. The lowest BCUT2D eigenvalue weighted by Crippen LogP contribution is -2.49. The van der Waals surface area contributed by atoms with Crippen molar-refractivity contribution in [3.05, 3.63) is 81.7 Å². The molecule has 0 amide bonds. The van der Waals surface area contributed by atoms with Crippen molar-refractivity contribution in [3.8, 4) is 5.75 Å². The predicted octanol–water partition coefficient (Wildman–Crippen LogP) is 4.33. The first-order valence-corrected chi connectivity index (χ1v) is 12.5. The second-order valence-corrected chi connectivity index (χ2v) is 9.98. The smallest absolute Gasteiger partial charge is 0.387 e. The highest BCUT2D eigenvalue weighted by Crippen LogP contribution is 2.43. The summed E-state index contributed by atoms with van der Waals surface area (Å²) in [7, 11) is 0. The number of aromatic carboxylic acids is 1. The standard InChI is InChI=1S/C28H27F2N3O4.H2S/c29-28(30)37-26-21(8-9-22-24(26)33(19-6-7-19)16-23(25(22)34)27(35)36)18-12-20-15-31(10-11-32(20)14-18)13-17-4-2-1-3-5-17;/h1-5,8-9,12,16,19-20,28H,6-7,10-11,13-15H2,(H,35,36);1H2/t20-;/m0./s1. The number of halogens is 2. The van der Waals surface area contributed by atoms with Gasteiger partial charge in [-0.3, -0.25) is 14.6 Å². The van der Waals surface area contributed by atoms with Crippen molar-refractivity contribution in [1.29, 1.82) is 0 Å². The van der Waals surface area contributed by atoms with Crippen molar-refractivity contribution < 1.29 is 23.4 Å². The van der Waals surface area contributed by atoms with Gasteiger partial charge in [-0.15, -0.1) is 0 Å². The molecule has 38 heavy (non-hydrogen) atoms. The van der Waals surface area contributed by atoms with Crippen LogP contribution in [-0.2, 0) is 6.54 Å². The lowest BCUT2D eigenvalue weighted by molar-refractivity contribution is -0.0492. The Labute approximate surface area is 225 Å². The second-order valence-electron chi connectivity index (χ2n) is 9.98. The van der Waals surface area contributed by atoms with Gasteiger partial charge in [-0.05, 0) is 30.0 Å². The zero-order valence-electron chi connectivity index (χ0n) is 20.6. The Morgan fingerprint density at radius 1 is 1.11 bits per heavy atom. The maximum absolute atomic E-state index is 13.7. The van der Waals surface area contributed by atoms with Gasteiger partial charge in [0.1, 0.15) is 5.56 Å². The van der Waals surface area contributed by atoms with Crippen LogP contribution in [0.25, 0.3) is 16.5 Å². The Morgan fingerprint density at radius 3 is 2.55 bits per heavy atom. The SMILES string of the molecule is O=C(O)c1cn(C2CC2)c2c(OC(F)F)c(C3=C[C@H]4CN(Cc5ccccc5)CCN4C3)ccc2c1=O.S. The van der Waals surface area contributed by atoms with Crippen LogP contribution in [0, 0.1) is 0 Å². The van der Waals surface area contributed by atoms with E-state index in [0.717, 1.165) is 44.6 Å². The fraction of sp³-hybridized carbons (Fsp3) is 0.357. The van der Waals surface area contributed by atoms with Crippen LogP contribution in [0.15, 0.2) is 59.5 Å². The van der Waals surface area contributed by atoms with Crippen LogP contribution in [-0.4, -0.2) is 64.3 Å². The second kappa shape index (κ2) is 10.5. The van der Waals surface area contributed by atoms with Gasteiger partial charge < -0.3 is 14.4 Å². The fourth-order valence-electron chi connectivity index (χ4n) is 5.60. The van der Waals surface area contributed by atoms with E-state index in [1.54, 1.807) is 16.7 Å². The third-order valence-corrected chi connectivity index (χ3v) is 7.50. The molecule has 1 aliphatic carbocycles. The summed E-state index contributed by atoms with van der Waals surface area (Å²) >= 11 is 0. The fourth-order valence-corrected chi connectivity index (χ4v) is 5.60. The third-order valence-electron chi connectivity index (χ3n) is 7.50. The number of ether oxygens (including phenoxy) is 1. The number of alkyl halides is 2. The van der Waals surface area contributed by atoms with Gasteiger partial charge >= 0.3 is 12.6 Å². The number of rotatable bonds is 7. The van der Waals surface area contributed by atoms with Crippen molar-refractivity contribution in [3.63, 3.8) is 0 Å². The van der Waals surface area contributed by atoms with E-state index in [1.165, 1.54) is 11.8 Å². The van der Waals surface area contributed by atoms with E-state index >= 15 is 0 Å². The zero-order valence-corrected chi connectivity index (χ0v) is 21.6. The Bertz CT molecular complexity index is 1460. The molecule has 2 aromatic carbocycles. The van der Waals surface area contributed by atoms with E-state index < -0.39 is 18.0 Å². The number of carbonyl (C=O) groups is 1. The molecular weight excluding hydrogens is 512 g/mol. The molecule has 0 spiro atoms. The van der Waals surface area contributed by atoms with Gasteiger partial charge in [0.15, 0.2) is 5.75 Å². The van der Waals surface area contributed by atoms with Gasteiger partial charge in [0.25, 0.3) is 0 Å². The zero-order chi connectivity index (χ0) is 25.7. The molecule has 1 N–H and O–H groups in total.